The maximum Gasteiger partial charge on any atom is 0.250 e. The molecule has 0 fully saturated rings. The number of aliphatic hydroxyl groups excluding tert-OH is 1. The fraction of sp³-hybridized carbons (Fsp3) is 0.222. The van der Waals surface area contributed by atoms with Crippen LogP contribution in [0.25, 0.3) is 0 Å². The van der Waals surface area contributed by atoms with Crippen LogP contribution in [0.3, 0.4) is 0 Å². The number of nitrogens with one attached hydrogen (secondary N) is 2. The number of thiophene rings is 1. The molecule has 0 aromatic carbocycles. The highest BCUT2D eigenvalue weighted by Gasteiger charge is 2.16. The van der Waals surface area contributed by atoms with Gasteiger partial charge < -0.3 is 10.1 Å². The number of sulfonamides is 1. The van der Waals surface area contributed by atoms with E-state index >= 15 is 0 Å². The zero-order chi connectivity index (χ0) is 12.3. The molecule has 0 amide bonds. The molecule has 2 rings (SSSR count). The Labute approximate surface area is 102 Å². The van der Waals surface area contributed by atoms with E-state index in [9.17, 15) is 8.42 Å². The molecule has 0 bridgehead atoms. The predicted molar refractivity (Wildman–Crippen MR) is 62.9 cm³/mol. The van der Waals surface area contributed by atoms with Gasteiger partial charge >= 0.3 is 0 Å². The lowest BCUT2D eigenvalue weighted by Crippen LogP contribution is -2.22. The van der Waals surface area contributed by atoms with Crippen molar-refractivity contribution < 1.29 is 13.5 Å². The molecule has 0 aliphatic heterocycles. The Bertz CT molecular complexity index is 574. The van der Waals surface area contributed by atoms with Crippen LogP contribution in [-0.4, -0.2) is 23.5 Å². The molecule has 0 saturated carbocycles. The second kappa shape index (κ2) is 4.96. The lowest BCUT2D eigenvalue weighted by Gasteiger charge is -2.02. The molecule has 2 aromatic rings. The average molecular weight is 273 g/mol. The van der Waals surface area contributed by atoms with Crippen LogP contribution in [-0.2, 0) is 23.2 Å². The smallest absolute Gasteiger partial charge is 0.250 e. The molecule has 6 nitrogen and oxygen atoms in total. The van der Waals surface area contributed by atoms with Crippen LogP contribution in [0.1, 0.15) is 11.3 Å². The summed E-state index contributed by atoms with van der Waals surface area (Å²) in [5.41, 5.74) is 1.28. The van der Waals surface area contributed by atoms with Crippen LogP contribution >= 0.6 is 11.3 Å². The van der Waals surface area contributed by atoms with Crippen molar-refractivity contribution in [1.82, 2.24) is 14.7 Å². The first-order valence-corrected chi connectivity index (χ1v) is 7.13. The third-order valence-corrected chi connectivity index (χ3v) is 4.97. The number of nitrogens with zero attached hydrogens (tertiary/aromatic N) is 1. The third-order valence-electron chi connectivity index (χ3n) is 2.08. The maximum atomic E-state index is 11.8. The summed E-state index contributed by atoms with van der Waals surface area (Å²) in [6.45, 7) is 0.00125. The number of rotatable bonds is 5. The van der Waals surface area contributed by atoms with Crippen molar-refractivity contribution in [2.75, 3.05) is 0 Å². The summed E-state index contributed by atoms with van der Waals surface area (Å²) in [5, 5.41) is 10.5. The zero-order valence-electron chi connectivity index (χ0n) is 8.75. The van der Waals surface area contributed by atoms with Crippen LogP contribution in [0.4, 0.5) is 0 Å². The summed E-state index contributed by atoms with van der Waals surface area (Å²) in [6, 6.07) is 1.46. The Morgan fingerprint density at radius 1 is 1.53 bits per heavy atom. The average Bonchev–Trinajstić information content (AvgIpc) is 2.98. The SMILES string of the molecule is O=S(=O)(NCc1cnc[nH]1)c1cc(CO)cs1. The second-order valence-corrected chi connectivity index (χ2v) is 6.24. The Morgan fingerprint density at radius 3 is 2.94 bits per heavy atom. The number of hydrogen-bond acceptors (Lipinski definition) is 5. The molecule has 2 heterocycles. The minimum Gasteiger partial charge on any atom is -0.392 e. The molecule has 3 N–H and O–H groups in total. The predicted octanol–water partition coefficient (Wildman–Crippen LogP) is 0.442. The first-order chi connectivity index (χ1) is 8.12. The molecule has 0 atom stereocenters. The fourth-order valence-corrected chi connectivity index (χ4v) is 3.45. The minimum absolute atomic E-state index is 0.160. The van der Waals surface area contributed by atoms with Gasteiger partial charge in [-0.2, -0.15) is 0 Å². The van der Waals surface area contributed by atoms with Crippen molar-refractivity contribution in [3.63, 3.8) is 0 Å². The van der Waals surface area contributed by atoms with Gasteiger partial charge in [0.05, 0.1) is 19.5 Å². The number of aromatic amines is 1. The van der Waals surface area contributed by atoms with Gasteiger partial charge in [-0.15, -0.1) is 11.3 Å². The van der Waals surface area contributed by atoms with Gasteiger partial charge in [0, 0.05) is 11.9 Å². The van der Waals surface area contributed by atoms with E-state index in [1.807, 2.05) is 0 Å². The highest BCUT2D eigenvalue weighted by atomic mass is 32.2. The Morgan fingerprint density at radius 2 is 2.35 bits per heavy atom. The molecule has 92 valence electrons. The van der Waals surface area contributed by atoms with Crippen molar-refractivity contribution in [2.45, 2.75) is 17.4 Å². The number of hydrogen-bond donors (Lipinski definition) is 3. The molecule has 17 heavy (non-hydrogen) atoms. The highest BCUT2D eigenvalue weighted by molar-refractivity contribution is 7.91. The van der Waals surface area contributed by atoms with Crippen LogP contribution in [0, 0.1) is 0 Å². The summed E-state index contributed by atoms with van der Waals surface area (Å²) >= 11 is 1.08. The van der Waals surface area contributed by atoms with E-state index in [1.54, 1.807) is 11.6 Å². The summed E-state index contributed by atoms with van der Waals surface area (Å²) in [7, 11) is -3.52. The number of imidazole rings is 1. The van der Waals surface area contributed by atoms with E-state index in [4.69, 9.17) is 5.11 Å². The third kappa shape index (κ3) is 2.91. The van der Waals surface area contributed by atoms with E-state index < -0.39 is 10.0 Å². The lowest BCUT2D eigenvalue weighted by molar-refractivity contribution is 0.282. The fourth-order valence-electron chi connectivity index (χ4n) is 1.20. The molecule has 0 radical (unpaired) electrons. The van der Waals surface area contributed by atoms with Crippen molar-refractivity contribution >= 4 is 21.4 Å². The second-order valence-electron chi connectivity index (χ2n) is 3.33. The van der Waals surface area contributed by atoms with Gasteiger partial charge in [0.25, 0.3) is 0 Å². The maximum absolute atomic E-state index is 11.8. The molecule has 0 spiro atoms. The van der Waals surface area contributed by atoms with Gasteiger partial charge in [0.15, 0.2) is 0 Å². The monoisotopic (exact) mass is 273 g/mol. The largest absolute Gasteiger partial charge is 0.392 e. The first kappa shape index (κ1) is 12.2. The number of aromatic nitrogens is 2. The quantitative estimate of drug-likeness (QED) is 0.736. The lowest BCUT2D eigenvalue weighted by atomic mass is 10.4. The molecule has 2 aromatic heterocycles. The summed E-state index contributed by atoms with van der Waals surface area (Å²) in [5.74, 6) is 0. The topological polar surface area (TPSA) is 95.1 Å². The summed E-state index contributed by atoms with van der Waals surface area (Å²) < 4.78 is 26.3. The van der Waals surface area contributed by atoms with Gasteiger partial charge in [-0.05, 0) is 17.0 Å². The van der Waals surface area contributed by atoms with E-state index in [0.29, 0.717) is 11.3 Å². The van der Waals surface area contributed by atoms with Gasteiger partial charge in [-0.1, -0.05) is 0 Å². The summed E-state index contributed by atoms with van der Waals surface area (Å²) in [4.78, 5) is 6.60. The minimum atomic E-state index is -3.52. The molecule has 0 saturated heterocycles. The Hall–Kier alpha value is -1.22. The van der Waals surface area contributed by atoms with E-state index in [0.717, 1.165) is 11.3 Å². The van der Waals surface area contributed by atoms with Crippen molar-refractivity contribution in [1.29, 1.82) is 0 Å². The van der Waals surface area contributed by atoms with Gasteiger partial charge in [0.2, 0.25) is 10.0 Å². The number of aliphatic hydroxyl groups is 1. The molecule has 0 aliphatic rings. The molecule has 0 aliphatic carbocycles. The van der Waals surface area contributed by atoms with Gasteiger partial charge in [-0.3, -0.25) is 0 Å². The van der Waals surface area contributed by atoms with Crippen molar-refractivity contribution in [3.05, 3.63) is 35.2 Å². The molecule has 0 unspecified atom stereocenters. The zero-order valence-corrected chi connectivity index (χ0v) is 10.4. The van der Waals surface area contributed by atoms with Crippen LogP contribution in [0.15, 0.2) is 28.2 Å². The Kier molecular flexibility index (Phi) is 3.57. The summed E-state index contributed by atoms with van der Waals surface area (Å²) in [6.07, 6.45) is 3.04. The Balaban J connectivity index is 2.08. The standard InChI is InChI=1S/C9H11N3O3S2/c13-4-7-1-9(16-5-7)17(14,15)12-3-8-2-10-6-11-8/h1-2,5-6,12-13H,3-4H2,(H,10,11). The molecular formula is C9H11N3O3S2. The number of H-pyrrole nitrogens is 1. The van der Waals surface area contributed by atoms with Gasteiger partial charge in [-0.25, -0.2) is 18.1 Å². The van der Waals surface area contributed by atoms with Crippen LogP contribution < -0.4 is 4.72 Å². The normalized spacial score (nSPS) is 11.8. The van der Waals surface area contributed by atoms with Crippen LogP contribution in [0.2, 0.25) is 0 Å². The van der Waals surface area contributed by atoms with Crippen molar-refractivity contribution in [2.24, 2.45) is 0 Å². The highest BCUT2D eigenvalue weighted by Crippen LogP contribution is 2.20. The van der Waals surface area contributed by atoms with Crippen LogP contribution in [0.5, 0.6) is 0 Å². The molecular weight excluding hydrogens is 262 g/mol. The van der Waals surface area contributed by atoms with E-state index in [-0.39, 0.29) is 17.4 Å². The van der Waals surface area contributed by atoms with E-state index in [1.165, 1.54) is 12.4 Å². The van der Waals surface area contributed by atoms with Crippen molar-refractivity contribution in [3.8, 4) is 0 Å². The molecule has 8 heteroatoms. The van der Waals surface area contributed by atoms with E-state index in [2.05, 4.69) is 14.7 Å². The first-order valence-electron chi connectivity index (χ1n) is 4.77. The van der Waals surface area contributed by atoms with Gasteiger partial charge in [0.1, 0.15) is 4.21 Å².